The highest BCUT2D eigenvalue weighted by atomic mass is 32.1. The maximum Gasteiger partial charge on any atom is 0.262 e. The lowest BCUT2D eigenvalue weighted by molar-refractivity contribution is -0.123. The van der Waals surface area contributed by atoms with Gasteiger partial charge in [0.1, 0.15) is 0 Å². The van der Waals surface area contributed by atoms with Crippen LogP contribution in [0.1, 0.15) is 139 Å². The molecular formula is C44H52N2O2S2. The first-order chi connectivity index (χ1) is 24.7. The summed E-state index contributed by atoms with van der Waals surface area (Å²) in [5, 5.41) is 3.93. The van der Waals surface area contributed by atoms with Crippen molar-refractivity contribution in [3.8, 4) is 47.4 Å². The van der Waals surface area contributed by atoms with Crippen molar-refractivity contribution in [1.29, 1.82) is 0 Å². The summed E-state index contributed by atoms with van der Waals surface area (Å²) >= 11 is 3.02. The van der Waals surface area contributed by atoms with Crippen LogP contribution in [0.2, 0.25) is 0 Å². The molecule has 4 rings (SSSR count). The smallest absolute Gasteiger partial charge is 0.262 e. The second kappa shape index (κ2) is 22.7. The zero-order valence-corrected chi connectivity index (χ0v) is 31.8. The largest absolute Gasteiger partial charge is 0.294 e. The molecule has 2 aliphatic rings. The van der Waals surface area contributed by atoms with E-state index < -0.39 is 0 Å². The van der Waals surface area contributed by atoms with E-state index in [1.165, 1.54) is 113 Å². The Hall–Kier alpha value is -3.94. The van der Waals surface area contributed by atoms with Crippen LogP contribution in [0.4, 0.5) is 0 Å². The molecule has 2 aromatic rings. The molecule has 0 aromatic carbocycles. The third kappa shape index (κ3) is 11.6. The second-order valence-electron chi connectivity index (χ2n) is 12.8. The summed E-state index contributed by atoms with van der Waals surface area (Å²) in [6.07, 6.45) is 22.1. The van der Waals surface area contributed by atoms with E-state index in [2.05, 4.69) is 61.2 Å². The van der Waals surface area contributed by atoms with Crippen molar-refractivity contribution in [2.75, 3.05) is 13.1 Å². The van der Waals surface area contributed by atoms with E-state index in [1.807, 2.05) is 35.0 Å². The van der Waals surface area contributed by atoms with Crippen LogP contribution in [0.3, 0.4) is 0 Å². The SMILES string of the molecule is CCCCCCCCCCC#CC#CCN1C(=O)C2=C(c3cccs3)N(CC#CC#CCCCCCCCCCC)C(=O)C2=C1c1cccs1. The van der Waals surface area contributed by atoms with Crippen molar-refractivity contribution in [2.45, 2.75) is 129 Å². The number of carbonyl (C=O) groups excluding carboxylic acids is 2. The first kappa shape index (κ1) is 38.9. The molecule has 50 heavy (non-hydrogen) atoms. The molecule has 0 aliphatic carbocycles. The molecule has 0 fully saturated rings. The van der Waals surface area contributed by atoms with E-state index in [0.29, 0.717) is 22.5 Å². The first-order valence-electron chi connectivity index (χ1n) is 18.8. The molecule has 0 bridgehead atoms. The molecule has 2 amide bonds. The lowest BCUT2D eigenvalue weighted by Gasteiger charge is -2.21. The standard InChI is InChI=1S/C44H52N2O2S2/c1-3-5-7-9-11-13-15-17-19-21-23-25-27-33-45-41(37-31-29-35-49-37)39-40(43(45)47)42(38-32-30-36-50-38)46(44(39)48)34-28-26-24-22-20-18-16-14-12-10-8-6-4-2/h29-32,35-36H,3-20,33-34H2,1-2H3. The van der Waals surface area contributed by atoms with Gasteiger partial charge in [0.05, 0.1) is 45.4 Å². The molecule has 0 radical (unpaired) electrons. The molecule has 4 nitrogen and oxygen atoms in total. The Morgan fingerprint density at radius 1 is 0.500 bits per heavy atom. The fourth-order valence-corrected chi connectivity index (χ4v) is 7.84. The summed E-state index contributed by atoms with van der Waals surface area (Å²) in [5.74, 6) is 24.0. The quantitative estimate of drug-likeness (QED) is 0.102. The average Bonchev–Trinajstić information content (AvgIpc) is 3.94. The van der Waals surface area contributed by atoms with Gasteiger partial charge in [-0.1, -0.05) is 140 Å². The van der Waals surface area contributed by atoms with E-state index in [0.717, 1.165) is 35.4 Å². The monoisotopic (exact) mass is 704 g/mol. The van der Waals surface area contributed by atoms with E-state index in [9.17, 15) is 9.59 Å². The summed E-state index contributed by atoms with van der Waals surface area (Å²) in [6.45, 7) is 4.84. The molecule has 0 atom stereocenters. The summed E-state index contributed by atoms with van der Waals surface area (Å²) < 4.78 is 0. The van der Waals surface area contributed by atoms with E-state index in [1.54, 1.807) is 9.80 Å². The van der Waals surface area contributed by atoms with Gasteiger partial charge in [-0.25, -0.2) is 0 Å². The Bertz CT molecular complexity index is 1570. The third-order valence-corrected chi connectivity index (χ3v) is 10.7. The molecule has 4 heterocycles. The maximum atomic E-state index is 14.1. The molecule has 0 saturated heterocycles. The van der Waals surface area contributed by atoms with Gasteiger partial charge in [0.2, 0.25) is 0 Å². The van der Waals surface area contributed by atoms with Gasteiger partial charge < -0.3 is 0 Å². The second-order valence-corrected chi connectivity index (χ2v) is 14.7. The number of nitrogens with zero attached hydrogens (tertiary/aromatic N) is 2. The van der Waals surface area contributed by atoms with Crippen molar-refractivity contribution in [2.24, 2.45) is 0 Å². The van der Waals surface area contributed by atoms with Crippen molar-refractivity contribution in [1.82, 2.24) is 9.80 Å². The number of thiophene rings is 2. The number of rotatable bonds is 20. The Morgan fingerprint density at radius 2 is 0.860 bits per heavy atom. The molecule has 0 unspecified atom stereocenters. The molecule has 0 saturated carbocycles. The fraction of sp³-hybridized carbons (Fsp3) is 0.500. The van der Waals surface area contributed by atoms with Gasteiger partial charge in [0, 0.05) is 12.8 Å². The van der Waals surface area contributed by atoms with Crippen LogP contribution in [0.25, 0.3) is 11.4 Å². The van der Waals surface area contributed by atoms with Gasteiger partial charge in [-0.2, -0.15) is 0 Å². The van der Waals surface area contributed by atoms with Crippen LogP contribution in [0, 0.1) is 47.4 Å². The Labute approximate surface area is 309 Å². The average molecular weight is 705 g/mol. The minimum Gasteiger partial charge on any atom is -0.294 e. The van der Waals surface area contributed by atoms with Crippen LogP contribution in [-0.2, 0) is 9.59 Å². The molecule has 2 aliphatic heterocycles. The third-order valence-electron chi connectivity index (χ3n) is 8.95. The van der Waals surface area contributed by atoms with Crippen LogP contribution in [-0.4, -0.2) is 34.7 Å². The summed E-state index contributed by atoms with van der Waals surface area (Å²) in [5.41, 5.74) is 2.12. The lowest BCUT2D eigenvalue weighted by atomic mass is 10.1. The van der Waals surface area contributed by atoms with Crippen LogP contribution in [0.15, 0.2) is 46.2 Å². The summed E-state index contributed by atoms with van der Waals surface area (Å²) in [7, 11) is 0. The molecule has 2 aromatic heterocycles. The predicted octanol–water partition coefficient (Wildman–Crippen LogP) is 10.7. The van der Waals surface area contributed by atoms with Crippen molar-refractivity contribution < 1.29 is 9.59 Å². The van der Waals surface area contributed by atoms with E-state index in [-0.39, 0.29) is 24.9 Å². The Balaban J connectivity index is 1.40. The number of unbranched alkanes of at least 4 members (excludes halogenated alkanes) is 16. The van der Waals surface area contributed by atoms with Crippen LogP contribution in [0.5, 0.6) is 0 Å². The maximum absolute atomic E-state index is 14.1. The van der Waals surface area contributed by atoms with Crippen molar-refractivity contribution in [3.05, 3.63) is 55.9 Å². The van der Waals surface area contributed by atoms with Crippen LogP contribution < -0.4 is 0 Å². The van der Waals surface area contributed by atoms with Crippen LogP contribution >= 0.6 is 22.7 Å². The van der Waals surface area contributed by atoms with E-state index >= 15 is 0 Å². The summed E-state index contributed by atoms with van der Waals surface area (Å²) in [6, 6.07) is 7.79. The number of hydrogen-bond donors (Lipinski definition) is 0. The van der Waals surface area contributed by atoms with E-state index in [4.69, 9.17) is 0 Å². The topological polar surface area (TPSA) is 40.6 Å². The summed E-state index contributed by atoms with van der Waals surface area (Å²) in [4.78, 5) is 33.3. The molecule has 6 heteroatoms. The Morgan fingerprint density at radius 3 is 1.22 bits per heavy atom. The zero-order chi connectivity index (χ0) is 35.2. The number of amides is 2. The number of fused-ring (bicyclic) bond motifs is 1. The highest BCUT2D eigenvalue weighted by Crippen LogP contribution is 2.47. The number of carbonyl (C=O) groups is 2. The number of hydrogen-bond acceptors (Lipinski definition) is 4. The van der Waals surface area contributed by atoms with Gasteiger partial charge in [-0.05, 0) is 59.4 Å². The highest BCUT2D eigenvalue weighted by Gasteiger charge is 2.49. The minimum atomic E-state index is -0.207. The zero-order valence-electron chi connectivity index (χ0n) is 30.1. The minimum absolute atomic E-state index is 0.171. The highest BCUT2D eigenvalue weighted by molar-refractivity contribution is 7.11. The van der Waals surface area contributed by atoms with Crippen molar-refractivity contribution in [3.63, 3.8) is 0 Å². The Kier molecular flexibility index (Phi) is 17.6. The molecular weight excluding hydrogens is 653 g/mol. The van der Waals surface area contributed by atoms with Gasteiger partial charge >= 0.3 is 0 Å². The van der Waals surface area contributed by atoms with Gasteiger partial charge in [-0.15, -0.1) is 22.7 Å². The van der Waals surface area contributed by atoms with Gasteiger partial charge in [-0.3, -0.25) is 19.4 Å². The lowest BCUT2D eigenvalue weighted by Crippen LogP contribution is -2.30. The van der Waals surface area contributed by atoms with Crippen molar-refractivity contribution >= 4 is 45.9 Å². The molecule has 0 spiro atoms. The van der Waals surface area contributed by atoms with Gasteiger partial charge in [0.15, 0.2) is 0 Å². The molecule has 0 N–H and O–H groups in total. The molecule has 262 valence electrons. The first-order valence-corrected chi connectivity index (χ1v) is 20.6. The van der Waals surface area contributed by atoms with Gasteiger partial charge in [0.25, 0.3) is 11.8 Å². The normalized spacial score (nSPS) is 13.4. The predicted molar refractivity (Wildman–Crippen MR) is 211 cm³/mol. The fourth-order valence-electron chi connectivity index (χ4n) is 6.27.